The molecule has 0 saturated heterocycles. The molecule has 0 spiro atoms. The number of nitrogens with two attached hydrogens (primary N) is 1. The molecular formula is C7H6FIN2O. The van der Waals surface area contributed by atoms with Crippen LogP contribution in [0.1, 0.15) is 5.56 Å². The summed E-state index contributed by atoms with van der Waals surface area (Å²) in [6.45, 7) is 0. The Bertz CT molecular complexity index is 327. The molecule has 12 heavy (non-hydrogen) atoms. The lowest BCUT2D eigenvalue weighted by atomic mass is 10.2. The van der Waals surface area contributed by atoms with Gasteiger partial charge in [-0.2, -0.15) is 5.10 Å². The van der Waals surface area contributed by atoms with Crippen LogP contribution in [0.5, 0.6) is 5.75 Å². The van der Waals surface area contributed by atoms with Gasteiger partial charge in [0.15, 0.2) is 11.6 Å². The largest absolute Gasteiger partial charge is 0.504 e. The van der Waals surface area contributed by atoms with Crippen LogP contribution in [0.25, 0.3) is 0 Å². The van der Waals surface area contributed by atoms with Gasteiger partial charge in [-0.3, -0.25) is 0 Å². The lowest BCUT2D eigenvalue weighted by molar-refractivity contribution is 0.429. The predicted molar refractivity (Wildman–Crippen MR) is 52.6 cm³/mol. The predicted octanol–water partition coefficient (Wildman–Crippen LogP) is 1.43. The minimum Gasteiger partial charge on any atom is -0.504 e. The van der Waals surface area contributed by atoms with Gasteiger partial charge in [0.05, 0.1) is 9.78 Å². The normalized spacial score (nSPS) is 10.8. The summed E-state index contributed by atoms with van der Waals surface area (Å²) in [6.07, 6.45) is 1.19. The molecule has 0 atom stereocenters. The summed E-state index contributed by atoms with van der Waals surface area (Å²) >= 11 is 1.78. The highest BCUT2D eigenvalue weighted by Gasteiger charge is 2.08. The summed E-state index contributed by atoms with van der Waals surface area (Å²) in [5.41, 5.74) is 0.274. The molecule has 0 aromatic heterocycles. The summed E-state index contributed by atoms with van der Waals surface area (Å²) in [6, 6.07) is 3.07. The first kappa shape index (κ1) is 9.24. The van der Waals surface area contributed by atoms with Crippen molar-refractivity contribution in [1.82, 2.24) is 0 Å². The molecule has 0 saturated carbocycles. The van der Waals surface area contributed by atoms with E-state index in [0.717, 1.165) is 0 Å². The maximum absolute atomic E-state index is 13.0. The van der Waals surface area contributed by atoms with E-state index in [1.807, 2.05) is 0 Å². The van der Waals surface area contributed by atoms with Gasteiger partial charge in [-0.15, -0.1) is 0 Å². The molecule has 0 aliphatic rings. The van der Waals surface area contributed by atoms with Crippen molar-refractivity contribution in [3.05, 3.63) is 27.1 Å². The molecular weight excluding hydrogens is 274 g/mol. The van der Waals surface area contributed by atoms with E-state index in [1.54, 1.807) is 22.6 Å². The quantitative estimate of drug-likeness (QED) is 0.354. The Kier molecular flexibility index (Phi) is 2.85. The number of hydrazone groups is 1. The Balaban J connectivity index is 3.26. The third-order valence-electron chi connectivity index (χ3n) is 1.31. The summed E-state index contributed by atoms with van der Waals surface area (Å²) in [7, 11) is 0. The van der Waals surface area contributed by atoms with Crippen molar-refractivity contribution in [3.63, 3.8) is 0 Å². The molecule has 5 heteroatoms. The molecule has 1 aromatic carbocycles. The van der Waals surface area contributed by atoms with Crippen LogP contribution in [-0.4, -0.2) is 11.3 Å². The topological polar surface area (TPSA) is 58.6 Å². The first-order valence-electron chi connectivity index (χ1n) is 3.07. The van der Waals surface area contributed by atoms with Crippen LogP contribution in [0.2, 0.25) is 0 Å². The number of halogens is 2. The molecule has 0 heterocycles. The van der Waals surface area contributed by atoms with Gasteiger partial charge in [0.1, 0.15) is 0 Å². The zero-order chi connectivity index (χ0) is 9.14. The Morgan fingerprint density at radius 3 is 2.83 bits per heavy atom. The lowest BCUT2D eigenvalue weighted by Gasteiger charge is -2.00. The van der Waals surface area contributed by atoms with Crippen molar-refractivity contribution < 1.29 is 9.50 Å². The Labute approximate surface area is 82.2 Å². The van der Waals surface area contributed by atoms with Crippen molar-refractivity contribution in [2.75, 3.05) is 0 Å². The average Bonchev–Trinajstić information content (AvgIpc) is 2.07. The van der Waals surface area contributed by atoms with Gasteiger partial charge in [-0.25, -0.2) is 4.39 Å². The van der Waals surface area contributed by atoms with Gasteiger partial charge >= 0.3 is 0 Å². The lowest BCUT2D eigenvalue weighted by Crippen LogP contribution is -1.91. The van der Waals surface area contributed by atoms with Crippen LogP contribution in [0.3, 0.4) is 0 Å². The summed E-state index contributed by atoms with van der Waals surface area (Å²) < 4.78 is 13.3. The Morgan fingerprint density at radius 1 is 1.58 bits per heavy atom. The van der Waals surface area contributed by atoms with Crippen molar-refractivity contribution >= 4 is 28.8 Å². The fraction of sp³-hybridized carbons (Fsp3) is 0. The van der Waals surface area contributed by atoms with Crippen LogP contribution >= 0.6 is 22.6 Å². The van der Waals surface area contributed by atoms with E-state index in [2.05, 4.69) is 5.10 Å². The minimum absolute atomic E-state index is 0.274. The first-order valence-corrected chi connectivity index (χ1v) is 4.15. The molecule has 0 fully saturated rings. The fourth-order valence-electron chi connectivity index (χ4n) is 0.739. The fourth-order valence-corrected chi connectivity index (χ4v) is 1.17. The average molecular weight is 280 g/mol. The smallest absolute Gasteiger partial charge is 0.178 e. The number of benzene rings is 1. The van der Waals surface area contributed by atoms with Gasteiger partial charge in [-0.1, -0.05) is 0 Å². The Hall–Kier alpha value is -0.850. The molecule has 64 valence electrons. The zero-order valence-corrected chi connectivity index (χ0v) is 8.12. The first-order chi connectivity index (χ1) is 5.66. The summed E-state index contributed by atoms with van der Waals surface area (Å²) in [4.78, 5) is 0. The number of rotatable bonds is 1. The van der Waals surface area contributed by atoms with E-state index in [1.165, 1.54) is 18.3 Å². The highest BCUT2D eigenvalue weighted by molar-refractivity contribution is 14.1. The molecule has 0 radical (unpaired) electrons. The van der Waals surface area contributed by atoms with Crippen molar-refractivity contribution in [1.29, 1.82) is 0 Å². The maximum atomic E-state index is 13.0. The van der Waals surface area contributed by atoms with E-state index in [0.29, 0.717) is 3.57 Å². The number of hydrogen-bond donors (Lipinski definition) is 2. The number of hydrogen-bond acceptors (Lipinski definition) is 3. The van der Waals surface area contributed by atoms with E-state index >= 15 is 0 Å². The van der Waals surface area contributed by atoms with Crippen molar-refractivity contribution in [3.8, 4) is 5.75 Å². The number of phenols is 1. The second-order valence-corrected chi connectivity index (χ2v) is 3.24. The molecule has 1 aromatic rings. The van der Waals surface area contributed by atoms with E-state index in [9.17, 15) is 9.50 Å². The van der Waals surface area contributed by atoms with Crippen LogP contribution < -0.4 is 5.84 Å². The maximum Gasteiger partial charge on any atom is 0.178 e. The highest BCUT2D eigenvalue weighted by Crippen LogP contribution is 2.23. The molecule has 0 bridgehead atoms. The Morgan fingerprint density at radius 2 is 2.25 bits per heavy atom. The number of nitrogens with zero attached hydrogens (tertiary/aromatic N) is 1. The van der Waals surface area contributed by atoms with Gasteiger partial charge in [0.2, 0.25) is 0 Å². The van der Waals surface area contributed by atoms with Crippen molar-refractivity contribution in [2.45, 2.75) is 0 Å². The van der Waals surface area contributed by atoms with Crippen LogP contribution in [-0.2, 0) is 0 Å². The highest BCUT2D eigenvalue weighted by atomic mass is 127. The van der Waals surface area contributed by atoms with E-state index < -0.39 is 11.6 Å². The van der Waals surface area contributed by atoms with E-state index in [4.69, 9.17) is 5.84 Å². The minimum atomic E-state index is -0.645. The molecule has 0 aliphatic carbocycles. The van der Waals surface area contributed by atoms with Crippen LogP contribution in [0, 0.1) is 9.39 Å². The van der Waals surface area contributed by atoms with Gasteiger partial charge < -0.3 is 10.9 Å². The van der Waals surface area contributed by atoms with Gasteiger partial charge in [0.25, 0.3) is 0 Å². The number of phenolic OH excluding ortho intramolecular Hbond substituents is 1. The second-order valence-electron chi connectivity index (χ2n) is 2.08. The second kappa shape index (κ2) is 3.70. The molecule has 1 rings (SSSR count). The molecule has 0 amide bonds. The monoisotopic (exact) mass is 280 g/mol. The zero-order valence-electron chi connectivity index (χ0n) is 5.96. The van der Waals surface area contributed by atoms with Crippen LogP contribution in [0.4, 0.5) is 4.39 Å². The summed E-state index contributed by atoms with van der Waals surface area (Å²) in [5, 5.41) is 12.4. The summed E-state index contributed by atoms with van der Waals surface area (Å²) in [5.74, 6) is 3.79. The molecule has 3 nitrogen and oxygen atoms in total. The standard InChI is InChI=1S/C7H6FIN2O/c8-6-5(9)2-1-4(3-11-10)7(6)12/h1-3,12H,10H2. The van der Waals surface area contributed by atoms with E-state index in [-0.39, 0.29) is 5.56 Å². The molecule has 0 aliphatic heterocycles. The SMILES string of the molecule is NN=Cc1ccc(I)c(F)c1O. The van der Waals surface area contributed by atoms with Crippen molar-refractivity contribution in [2.24, 2.45) is 10.9 Å². The van der Waals surface area contributed by atoms with Gasteiger partial charge in [0, 0.05) is 5.56 Å². The number of aromatic hydroxyl groups is 1. The van der Waals surface area contributed by atoms with Gasteiger partial charge in [-0.05, 0) is 34.7 Å². The molecule has 0 unspecified atom stereocenters. The third-order valence-corrected chi connectivity index (χ3v) is 2.15. The molecule has 3 N–H and O–H groups in total. The van der Waals surface area contributed by atoms with Crippen LogP contribution in [0.15, 0.2) is 17.2 Å². The third kappa shape index (κ3) is 1.66.